The molecule has 9 heteroatoms. The fourth-order valence-electron chi connectivity index (χ4n) is 10.9. The molecule has 0 aliphatic heterocycles. The van der Waals surface area contributed by atoms with E-state index in [0.29, 0.717) is 23.9 Å². The zero-order valence-electron chi connectivity index (χ0n) is 54.3. The molecule has 0 aromatic rings. The predicted octanol–water partition coefficient (Wildman–Crippen LogP) is 21.8. The Hall–Kier alpha value is -1.28. The van der Waals surface area contributed by atoms with Gasteiger partial charge >= 0.3 is 0 Å². The number of hydrogen-bond acceptors (Lipinski definition) is 6. The highest BCUT2D eigenvalue weighted by Crippen LogP contribution is 2.38. The van der Waals surface area contributed by atoms with Crippen molar-refractivity contribution in [1.82, 2.24) is 5.32 Å². The summed E-state index contributed by atoms with van der Waals surface area (Å²) in [6, 6.07) is -0.799. The van der Waals surface area contributed by atoms with Crippen LogP contribution in [0.3, 0.4) is 0 Å². The highest BCUT2D eigenvalue weighted by Gasteiger charge is 2.24. The summed E-state index contributed by atoms with van der Waals surface area (Å²) in [4.78, 5) is 25.6. The van der Waals surface area contributed by atoms with Gasteiger partial charge in [0.1, 0.15) is 13.2 Å². The number of aliphatic hydroxyl groups is 1. The summed E-state index contributed by atoms with van der Waals surface area (Å²) in [5.41, 5.74) is 0. The van der Waals surface area contributed by atoms with Crippen molar-refractivity contribution in [3.8, 4) is 0 Å². The monoisotopic (exact) mass is 1150 g/mol. The van der Waals surface area contributed by atoms with Gasteiger partial charge in [0.25, 0.3) is 7.82 Å². The molecule has 0 aliphatic rings. The lowest BCUT2D eigenvalue weighted by Crippen LogP contribution is -2.46. The van der Waals surface area contributed by atoms with E-state index in [2.05, 4.69) is 55.6 Å². The number of unbranched alkanes of at least 4 members (excludes halogenated alkanes) is 47. The Kier molecular flexibility index (Phi) is 61.3. The number of hydrogen-bond donors (Lipinski definition) is 2. The second-order valence-corrected chi connectivity index (χ2v) is 27.0. The Balaban J connectivity index is 3.90. The first-order chi connectivity index (χ1) is 39.0. The van der Waals surface area contributed by atoms with Gasteiger partial charge in [-0.25, -0.2) is 0 Å². The van der Waals surface area contributed by atoms with Crippen LogP contribution in [-0.4, -0.2) is 68.5 Å². The van der Waals surface area contributed by atoms with Crippen LogP contribution < -0.4 is 10.2 Å². The van der Waals surface area contributed by atoms with Crippen molar-refractivity contribution in [2.75, 3.05) is 40.9 Å². The lowest BCUT2D eigenvalue weighted by atomic mass is 10.0. The lowest BCUT2D eigenvalue weighted by Gasteiger charge is -2.30. The Labute approximate surface area is 499 Å². The van der Waals surface area contributed by atoms with Gasteiger partial charge in [0.2, 0.25) is 5.91 Å². The second-order valence-electron chi connectivity index (χ2n) is 25.6. The van der Waals surface area contributed by atoms with Crippen molar-refractivity contribution in [2.24, 2.45) is 0 Å². The molecule has 0 aliphatic carbocycles. The maximum atomic E-state index is 13.0. The van der Waals surface area contributed by atoms with Crippen molar-refractivity contribution >= 4 is 13.7 Å². The van der Waals surface area contributed by atoms with Crippen LogP contribution in [0.15, 0.2) is 36.5 Å². The third-order valence-corrected chi connectivity index (χ3v) is 17.3. The number of likely N-dealkylation sites (N-methyl/N-ethyl adjacent to an activating group) is 1. The third kappa shape index (κ3) is 64.3. The van der Waals surface area contributed by atoms with Gasteiger partial charge < -0.3 is 28.8 Å². The molecule has 0 heterocycles. The summed E-state index contributed by atoms with van der Waals surface area (Å²) < 4.78 is 23.5. The molecule has 0 spiro atoms. The largest absolute Gasteiger partial charge is 0.756 e. The minimum atomic E-state index is -4.58. The van der Waals surface area contributed by atoms with E-state index >= 15 is 0 Å². The van der Waals surface area contributed by atoms with Gasteiger partial charge in [-0.3, -0.25) is 9.36 Å². The van der Waals surface area contributed by atoms with Gasteiger partial charge in [0, 0.05) is 6.42 Å². The molecule has 0 saturated carbocycles. The number of amides is 1. The van der Waals surface area contributed by atoms with Crippen LogP contribution in [0.25, 0.3) is 0 Å². The van der Waals surface area contributed by atoms with Crippen LogP contribution in [0.1, 0.15) is 361 Å². The first-order valence-corrected chi connectivity index (χ1v) is 36.8. The number of carbonyl (C=O) groups excluding carboxylic acids is 1. The van der Waals surface area contributed by atoms with Crippen LogP contribution in [0.5, 0.6) is 0 Å². The van der Waals surface area contributed by atoms with E-state index in [4.69, 9.17) is 9.05 Å². The van der Waals surface area contributed by atoms with Crippen LogP contribution in [0.4, 0.5) is 0 Å². The minimum Gasteiger partial charge on any atom is -0.756 e. The molecule has 8 nitrogen and oxygen atoms in total. The predicted molar refractivity (Wildman–Crippen MR) is 348 cm³/mol. The number of quaternary nitrogens is 1. The van der Waals surface area contributed by atoms with E-state index in [1.54, 1.807) is 0 Å². The Morgan fingerprint density at radius 3 is 1.05 bits per heavy atom. The fraction of sp³-hybridized carbons (Fsp3) is 0.901. The first kappa shape index (κ1) is 78.7. The summed E-state index contributed by atoms with van der Waals surface area (Å²) in [7, 11) is 1.32. The molecule has 80 heavy (non-hydrogen) atoms. The maximum Gasteiger partial charge on any atom is 0.268 e. The molecule has 0 radical (unpaired) electrons. The normalized spacial score (nSPS) is 13.8. The summed E-state index contributed by atoms with van der Waals surface area (Å²) >= 11 is 0. The van der Waals surface area contributed by atoms with Crippen molar-refractivity contribution in [2.45, 2.75) is 373 Å². The first-order valence-electron chi connectivity index (χ1n) is 35.3. The average Bonchev–Trinajstić information content (AvgIpc) is 3.42. The highest BCUT2D eigenvalue weighted by atomic mass is 31.2. The average molecular weight is 1150 g/mol. The topological polar surface area (TPSA) is 108 Å². The van der Waals surface area contributed by atoms with Crippen LogP contribution in [0, 0.1) is 0 Å². The molecule has 0 aromatic heterocycles. The highest BCUT2D eigenvalue weighted by molar-refractivity contribution is 7.45. The van der Waals surface area contributed by atoms with Gasteiger partial charge in [-0.15, -0.1) is 0 Å². The van der Waals surface area contributed by atoms with Gasteiger partial charge in [-0.2, -0.15) is 0 Å². The fourth-order valence-corrected chi connectivity index (χ4v) is 11.6. The molecule has 3 unspecified atom stereocenters. The Morgan fingerprint density at radius 2 is 0.725 bits per heavy atom. The molecular weight excluding hydrogens is 1010 g/mol. The third-order valence-electron chi connectivity index (χ3n) is 16.4. The number of rotatable bonds is 66. The van der Waals surface area contributed by atoms with Gasteiger partial charge in [-0.05, 0) is 51.4 Å². The molecule has 3 atom stereocenters. The quantitative estimate of drug-likeness (QED) is 0.0272. The van der Waals surface area contributed by atoms with Crippen molar-refractivity contribution in [3.63, 3.8) is 0 Å². The minimum absolute atomic E-state index is 0.0148. The molecule has 474 valence electrons. The number of phosphoric acid groups is 1. The summed E-state index contributed by atoms with van der Waals surface area (Å²) in [5.74, 6) is -0.157. The van der Waals surface area contributed by atoms with E-state index in [9.17, 15) is 19.4 Å². The second kappa shape index (κ2) is 62.3. The number of allylic oxidation sites excluding steroid dienone is 6. The Morgan fingerprint density at radius 1 is 0.438 bits per heavy atom. The van der Waals surface area contributed by atoms with Gasteiger partial charge in [0.15, 0.2) is 0 Å². The molecule has 2 N–H and O–H groups in total. The van der Waals surface area contributed by atoms with Crippen molar-refractivity contribution in [1.29, 1.82) is 0 Å². The SMILES string of the molecule is CCCCCCC/C=C\C/C=C\C/C=C\CCCCCCCCCCCCCCCCCCCCCCCCCCC(=O)NC(COP(=O)([O-])OCC[N+](C)(C)C)C(O)CCCCCCCCCCCCCCCCCCCCC. The molecule has 0 rings (SSSR count). The summed E-state index contributed by atoms with van der Waals surface area (Å²) in [6.45, 7) is 4.76. The zero-order valence-corrected chi connectivity index (χ0v) is 55.2. The van der Waals surface area contributed by atoms with E-state index in [1.807, 2.05) is 21.1 Å². The number of phosphoric ester groups is 1. The molecule has 0 bridgehead atoms. The van der Waals surface area contributed by atoms with E-state index in [1.165, 1.54) is 283 Å². The smallest absolute Gasteiger partial charge is 0.268 e. The molecular formula is C71H139N2O6P. The number of aliphatic hydroxyl groups excluding tert-OH is 1. The number of carbonyl (C=O) groups is 1. The van der Waals surface area contributed by atoms with Crippen LogP contribution in [-0.2, 0) is 18.4 Å². The molecule has 0 fully saturated rings. The van der Waals surface area contributed by atoms with E-state index in [0.717, 1.165) is 51.4 Å². The standard InChI is InChI=1S/C71H139N2O6P/c1-6-8-10-12-14-16-18-20-22-24-26-27-28-29-30-31-32-33-34-35-36-37-38-39-40-41-42-43-44-45-47-49-51-53-55-57-59-61-63-65-71(75)72-69(68-79-80(76,77)78-67-66-73(3,4)5)70(74)64-62-60-58-56-54-52-50-48-46-25-23-21-19-17-15-13-11-9-7-2/h18,20,24,26,28-29,69-70,74H,6-17,19,21-23,25,27,30-68H2,1-5H3,(H-,72,75,76,77)/b20-18-,26-24-,29-28-. The maximum absolute atomic E-state index is 13.0. The van der Waals surface area contributed by atoms with E-state index < -0.39 is 20.0 Å². The van der Waals surface area contributed by atoms with Crippen LogP contribution >= 0.6 is 7.82 Å². The van der Waals surface area contributed by atoms with Gasteiger partial charge in [0.05, 0.1) is 39.9 Å². The summed E-state index contributed by atoms with van der Waals surface area (Å²) in [5, 5.41) is 14.1. The molecule has 0 saturated heterocycles. The molecule has 0 aromatic carbocycles. The summed E-state index contributed by atoms with van der Waals surface area (Å²) in [6.07, 6.45) is 82.3. The Bertz CT molecular complexity index is 1400. The van der Waals surface area contributed by atoms with Crippen LogP contribution in [0.2, 0.25) is 0 Å². The number of nitrogens with zero attached hydrogens (tertiary/aromatic N) is 1. The zero-order chi connectivity index (χ0) is 58.4. The van der Waals surface area contributed by atoms with Crippen molar-refractivity contribution in [3.05, 3.63) is 36.5 Å². The van der Waals surface area contributed by atoms with Gasteiger partial charge in [-0.1, -0.05) is 339 Å². The van der Waals surface area contributed by atoms with E-state index in [-0.39, 0.29) is 19.1 Å². The lowest BCUT2D eigenvalue weighted by molar-refractivity contribution is -0.870. The number of nitrogens with one attached hydrogen (secondary N) is 1. The molecule has 1 amide bonds. The van der Waals surface area contributed by atoms with Crippen molar-refractivity contribution < 1.29 is 32.9 Å².